The van der Waals surface area contributed by atoms with E-state index in [1.807, 2.05) is 30.3 Å². The van der Waals surface area contributed by atoms with Gasteiger partial charge in [-0.05, 0) is 41.5 Å². The average Bonchev–Trinajstić information content (AvgIpc) is 3.23. The number of fused-ring (bicyclic) bond motifs is 4. The zero-order valence-corrected chi connectivity index (χ0v) is 22.4. The Kier molecular flexibility index (Phi) is 7.13. The minimum atomic E-state index is -0.481. The van der Waals surface area contributed by atoms with Gasteiger partial charge >= 0.3 is 0 Å². The molecule has 2 aliphatic rings. The molecular formula is C32H32ClN3O2. The van der Waals surface area contributed by atoms with Crippen LogP contribution in [0.2, 0.25) is 0 Å². The summed E-state index contributed by atoms with van der Waals surface area (Å²) in [7, 11) is 0. The lowest BCUT2D eigenvalue weighted by Crippen LogP contribution is -2.47. The molecule has 1 aliphatic carbocycles. The largest absolute Gasteiger partial charge is 0.367 e. The Bertz CT molecular complexity index is 1530. The van der Waals surface area contributed by atoms with Gasteiger partial charge in [-0.25, -0.2) is 0 Å². The number of benzene rings is 4. The van der Waals surface area contributed by atoms with Crippen molar-refractivity contribution >= 4 is 46.2 Å². The van der Waals surface area contributed by atoms with Gasteiger partial charge in [0.05, 0.1) is 11.3 Å². The van der Waals surface area contributed by atoms with E-state index in [0.29, 0.717) is 22.3 Å². The molecule has 1 fully saturated rings. The highest BCUT2D eigenvalue weighted by atomic mass is 35.5. The number of nitrogens with two attached hydrogens (primary N) is 1. The van der Waals surface area contributed by atoms with Crippen LogP contribution in [0.4, 0.5) is 11.4 Å². The summed E-state index contributed by atoms with van der Waals surface area (Å²) in [6.07, 6.45) is 2.83. The summed E-state index contributed by atoms with van der Waals surface area (Å²) in [6, 6.07) is 24.5. The standard InChI is InChI=1S/C32H31N3O2.ClH/c1-2-3-9-22-20-26(32(33)37)28-24-13-6-7-14-25(24)31(36)29(28)30(22)35-18-16-34(17-19-35)27-15-8-11-21-10-4-5-12-23(21)27;/h4-8,10-15,20H,2-3,9,16-19H2,1H3,(H2,33,37);1H. The number of amides is 1. The van der Waals surface area contributed by atoms with Crippen molar-refractivity contribution in [2.24, 2.45) is 5.73 Å². The third-order valence-corrected chi connectivity index (χ3v) is 7.82. The minimum Gasteiger partial charge on any atom is -0.367 e. The first kappa shape index (κ1) is 25.8. The van der Waals surface area contributed by atoms with Crippen LogP contribution in [0.5, 0.6) is 0 Å². The molecule has 0 aromatic heterocycles. The molecule has 1 aliphatic heterocycles. The number of piperazine rings is 1. The molecule has 0 atom stereocenters. The first-order valence-corrected chi connectivity index (χ1v) is 13.2. The molecule has 0 bridgehead atoms. The predicted octanol–water partition coefficient (Wildman–Crippen LogP) is 6.24. The average molecular weight is 526 g/mol. The highest BCUT2D eigenvalue weighted by Gasteiger charge is 2.36. The van der Waals surface area contributed by atoms with Crippen molar-refractivity contribution in [2.45, 2.75) is 26.2 Å². The lowest BCUT2D eigenvalue weighted by atomic mass is 9.91. The number of ketones is 1. The Labute approximate surface area is 229 Å². The third kappa shape index (κ3) is 4.21. The first-order chi connectivity index (χ1) is 18.1. The number of halogens is 1. The number of unbranched alkanes of at least 4 members (excludes halogenated alkanes) is 1. The second-order valence-corrected chi connectivity index (χ2v) is 10.00. The zero-order chi connectivity index (χ0) is 25.5. The van der Waals surface area contributed by atoms with Crippen molar-refractivity contribution < 1.29 is 9.59 Å². The summed E-state index contributed by atoms with van der Waals surface area (Å²) in [5.41, 5.74) is 12.5. The number of carbonyl (C=O) groups is 2. The van der Waals surface area contributed by atoms with Crippen LogP contribution in [0, 0.1) is 0 Å². The number of anilines is 2. The van der Waals surface area contributed by atoms with Gasteiger partial charge in [-0.3, -0.25) is 9.59 Å². The van der Waals surface area contributed by atoms with Crippen molar-refractivity contribution in [3.63, 3.8) is 0 Å². The van der Waals surface area contributed by atoms with E-state index in [4.69, 9.17) is 5.73 Å². The van der Waals surface area contributed by atoms with Crippen LogP contribution < -0.4 is 15.5 Å². The fourth-order valence-corrected chi connectivity index (χ4v) is 6.03. The zero-order valence-electron chi connectivity index (χ0n) is 21.6. The molecule has 4 aromatic carbocycles. The molecule has 4 aromatic rings. The summed E-state index contributed by atoms with van der Waals surface area (Å²) in [4.78, 5) is 31.2. The van der Waals surface area contributed by atoms with Crippen LogP contribution in [0.15, 0.2) is 72.8 Å². The molecule has 2 N–H and O–H groups in total. The second kappa shape index (κ2) is 10.5. The van der Waals surface area contributed by atoms with Gasteiger partial charge in [0.15, 0.2) is 5.78 Å². The summed E-state index contributed by atoms with van der Waals surface area (Å²) < 4.78 is 0. The molecule has 0 unspecified atom stereocenters. The molecule has 38 heavy (non-hydrogen) atoms. The van der Waals surface area contributed by atoms with E-state index < -0.39 is 5.91 Å². The normalized spacial score (nSPS) is 14.3. The molecule has 0 saturated carbocycles. The monoisotopic (exact) mass is 525 g/mol. The maximum Gasteiger partial charge on any atom is 0.249 e. The molecular weight excluding hydrogens is 494 g/mol. The second-order valence-electron chi connectivity index (χ2n) is 10.00. The van der Waals surface area contributed by atoms with Crippen molar-refractivity contribution in [1.29, 1.82) is 0 Å². The van der Waals surface area contributed by atoms with E-state index in [-0.39, 0.29) is 18.2 Å². The first-order valence-electron chi connectivity index (χ1n) is 13.2. The highest BCUT2D eigenvalue weighted by molar-refractivity contribution is 6.27. The fourth-order valence-electron chi connectivity index (χ4n) is 6.03. The molecule has 1 amide bonds. The van der Waals surface area contributed by atoms with E-state index in [2.05, 4.69) is 59.2 Å². The number of aryl methyl sites for hydroxylation is 1. The van der Waals surface area contributed by atoms with Crippen LogP contribution in [0.3, 0.4) is 0 Å². The van der Waals surface area contributed by atoms with Gasteiger partial charge in [0.25, 0.3) is 0 Å². The Hall–Kier alpha value is -3.83. The van der Waals surface area contributed by atoms with Crippen molar-refractivity contribution in [3.05, 3.63) is 95.1 Å². The Balaban J connectivity index is 0.00000294. The number of hydrogen-bond donors (Lipinski definition) is 1. The fraction of sp³-hybridized carbons (Fsp3) is 0.250. The quantitative estimate of drug-likeness (QED) is 0.285. The number of nitrogens with zero attached hydrogens (tertiary/aromatic N) is 2. The van der Waals surface area contributed by atoms with Gasteiger partial charge in [-0.1, -0.05) is 74.0 Å². The van der Waals surface area contributed by atoms with Crippen molar-refractivity contribution in [2.75, 3.05) is 36.0 Å². The smallest absolute Gasteiger partial charge is 0.249 e. The molecule has 0 spiro atoms. The lowest BCUT2D eigenvalue weighted by molar-refractivity contribution is 0.100. The van der Waals surface area contributed by atoms with E-state index >= 15 is 0 Å². The summed E-state index contributed by atoms with van der Waals surface area (Å²) >= 11 is 0. The van der Waals surface area contributed by atoms with Crippen molar-refractivity contribution in [3.8, 4) is 11.1 Å². The SMILES string of the molecule is CCCCc1cc(C(N)=O)c2c(c1N1CCN(c3cccc4ccccc34)CC1)C(=O)c1ccccc1-2.Cl. The van der Waals surface area contributed by atoms with Crippen LogP contribution in [0.25, 0.3) is 21.9 Å². The van der Waals surface area contributed by atoms with Crippen molar-refractivity contribution in [1.82, 2.24) is 0 Å². The summed E-state index contributed by atoms with van der Waals surface area (Å²) in [6.45, 7) is 5.47. The highest BCUT2D eigenvalue weighted by Crippen LogP contribution is 2.46. The third-order valence-electron chi connectivity index (χ3n) is 7.82. The molecule has 1 heterocycles. The molecule has 0 radical (unpaired) electrons. The van der Waals surface area contributed by atoms with Gasteiger partial charge in [-0.15, -0.1) is 12.4 Å². The van der Waals surface area contributed by atoms with E-state index in [0.717, 1.165) is 62.3 Å². The summed E-state index contributed by atoms with van der Waals surface area (Å²) in [5, 5.41) is 2.51. The molecule has 6 rings (SSSR count). The number of primary amides is 1. The van der Waals surface area contributed by atoms with Crippen LogP contribution in [-0.2, 0) is 6.42 Å². The molecule has 194 valence electrons. The van der Waals surface area contributed by atoms with E-state index in [1.54, 1.807) is 0 Å². The summed E-state index contributed by atoms with van der Waals surface area (Å²) in [5.74, 6) is -0.483. The maximum absolute atomic E-state index is 13.8. The van der Waals surface area contributed by atoms with Crippen LogP contribution >= 0.6 is 12.4 Å². The number of hydrogen-bond acceptors (Lipinski definition) is 4. The Morgan fingerprint density at radius 1 is 0.842 bits per heavy atom. The van der Waals surface area contributed by atoms with Gasteiger partial charge < -0.3 is 15.5 Å². The predicted molar refractivity (Wildman–Crippen MR) is 158 cm³/mol. The maximum atomic E-state index is 13.8. The molecule has 5 nitrogen and oxygen atoms in total. The van der Waals surface area contributed by atoms with Gasteiger partial charge in [0.1, 0.15) is 0 Å². The minimum absolute atomic E-state index is 0. The number of carbonyl (C=O) groups excluding carboxylic acids is 2. The van der Waals surface area contributed by atoms with Gasteiger partial charge in [-0.2, -0.15) is 0 Å². The Morgan fingerprint density at radius 2 is 1.50 bits per heavy atom. The Morgan fingerprint density at radius 3 is 2.24 bits per heavy atom. The van der Waals surface area contributed by atoms with Crippen LogP contribution in [0.1, 0.15) is 51.6 Å². The lowest BCUT2D eigenvalue weighted by Gasteiger charge is -2.39. The number of rotatable bonds is 6. The topological polar surface area (TPSA) is 66.6 Å². The van der Waals surface area contributed by atoms with E-state index in [9.17, 15) is 9.59 Å². The van der Waals surface area contributed by atoms with Crippen LogP contribution in [-0.4, -0.2) is 37.9 Å². The molecule has 1 saturated heterocycles. The van der Waals surface area contributed by atoms with Gasteiger partial charge in [0.2, 0.25) is 5.91 Å². The van der Waals surface area contributed by atoms with E-state index in [1.165, 1.54) is 16.5 Å². The molecule has 6 heteroatoms. The van der Waals surface area contributed by atoms with Gasteiger partial charge in [0, 0.05) is 53.9 Å².